The van der Waals surface area contributed by atoms with E-state index in [1.165, 1.54) is 0 Å². The van der Waals surface area contributed by atoms with Gasteiger partial charge >= 0.3 is 0 Å². The number of aromatic nitrogens is 2. The van der Waals surface area contributed by atoms with Crippen LogP contribution in [0.1, 0.15) is 44.4 Å². The summed E-state index contributed by atoms with van der Waals surface area (Å²) >= 11 is 12.6. The fraction of sp³-hybridized carbons (Fsp3) is 0.231. The van der Waals surface area contributed by atoms with E-state index in [0.29, 0.717) is 33.7 Å². The molecule has 4 aromatic rings. The van der Waals surface area contributed by atoms with Crippen LogP contribution in [0.4, 0.5) is 5.69 Å². The summed E-state index contributed by atoms with van der Waals surface area (Å²) in [7, 11) is 0. The van der Waals surface area contributed by atoms with Crippen molar-refractivity contribution in [2.45, 2.75) is 40.8 Å². The number of carbonyl (C=O) groups is 1. The molecule has 2 aromatic carbocycles. The molecule has 0 saturated heterocycles. The molecule has 0 saturated carbocycles. The van der Waals surface area contributed by atoms with E-state index in [9.17, 15) is 4.79 Å². The number of nitrogens with zero attached hydrogens (tertiary/aromatic N) is 2. The van der Waals surface area contributed by atoms with Gasteiger partial charge < -0.3 is 14.5 Å². The Labute approximate surface area is 208 Å². The lowest BCUT2D eigenvalue weighted by Gasteiger charge is -2.10. The van der Waals surface area contributed by atoms with Crippen molar-refractivity contribution in [3.05, 3.63) is 98.2 Å². The molecule has 0 aliphatic carbocycles. The summed E-state index contributed by atoms with van der Waals surface area (Å²) in [5.74, 6) is 1.22. The van der Waals surface area contributed by atoms with E-state index in [4.69, 9.17) is 32.4 Å². The highest BCUT2D eigenvalue weighted by Crippen LogP contribution is 2.28. The molecule has 0 aliphatic rings. The van der Waals surface area contributed by atoms with Gasteiger partial charge in [0.25, 0.3) is 5.91 Å². The second kappa shape index (κ2) is 9.95. The van der Waals surface area contributed by atoms with E-state index >= 15 is 0 Å². The molecule has 0 fully saturated rings. The topological polar surface area (TPSA) is 69.3 Å². The molecule has 0 unspecified atom stereocenters. The van der Waals surface area contributed by atoms with Gasteiger partial charge in [-0.05, 0) is 63.1 Å². The number of anilines is 1. The molecule has 176 valence electrons. The average Bonchev–Trinajstić information content (AvgIpc) is 3.36. The molecule has 1 amide bonds. The monoisotopic (exact) mass is 497 g/mol. The summed E-state index contributed by atoms with van der Waals surface area (Å²) in [6.45, 7) is 8.32. The standard InChI is InChI=1S/C26H25Cl2N3O3/c1-15-7-5-8-16(2)25(15)33-14-19-11-12-23(34-19)26(32)29-24-17(3)30-31(18(24)4)13-20-21(27)9-6-10-22(20)28/h5-12H,13-14H2,1-4H3,(H,29,32). The lowest BCUT2D eigenvalue weighted by molar-refractivity contribution is 0.0992. The molecular formula is C26H25Cl2N3O3. The van der Waals surface area contributed by atoms with Gasteiger partial charge in [-0.15, -0.1) is 0 Å². The number of nitrogens with one attached hydrogen (secondary N) is 1. The molecule has 1 N–H and O–H groups in total. The van der Waals surface area contributed by atoms with E-state index < -0.39 is 0 Å². The Bertz CT molecular complexity index is 1320. The van der Waals surface area contributed by atoms with Crippen LogP contribution in [-0.4, -0.2) is 15.7 Å². The number of amides is 1. The predicted molar refractivity (Wildman–Crippen MR) is 134 cm³/mol. The molecule has 6 nitrogen and oxygen atoms in total. The first kappa shape index (κ1) is 23.9. The van der Waals surface area contributed by atoms with E-state index in [0.717, 1.165) is 28.1 Å². The lowest BCUT2D eigenvalue weighted by atomic mass is 10.1. The van der Waals surface area contributed by atoms with Crippen LogP contribution < -0.4 is 10.1 Å². The molecule has 8 heteroatoms. The van der Waals surface area contributed by atoms with Crippen molar-refractivity contribution >= 4 is 34.8 Å². The molecule has 4 rings (SSSR count). The van der Waals surface area contributed by atoms with Crippen LogP contribution in [0.15, 0.2) is 52.9 Å². The second-order valence-corrected chi connectivity index (χ2v) is 8.95. The molecule has 0 aliphatic heterocycles. The van der Waals surface area contributed by atoms with E-state index in [-0.39, 0.29) is 18.3 Å². The lowest BCUT2D eigenvalue weighted by Crippen LogP contribution is -2.12. The molecule has 2 aromatic heterocycles. The quantitative estimate of drug-likeness (QED) is 0.301. The van der Waals surface area contributed by atoms with Crippen LogP contribution in [-0.2, 0) is 13.2 Å². The van der Waals surface area contributed by atoms with Crippen LogP contribution in [0.25, 0.3) is 0 Å². The van der Waals surface area contributed by atoms with E-state index in [2.05, 4.69) is 10.4 Å². The maximum Gasteiger partial charge on any atom is 0.291 e. The average molecular weight is 498 g/mol. The molecule has 0 atom stereocenters. The van der Waals surface area contributed by atoms with Crippen LogP contribution in [0, 0.1) is 27.7 Å². The van der Waals surface area contributed by atoms with Crippen molar-refractivity contribution in [1.29, 1.82) is 0 Å². The zero-order valence-electron chi connectivity index (χ0n) is 19.4. The van der Waals surface area contributed by atoms with E-state index in [1.807, 2.05) is 45.9 Å². The smallest absolute Gasteiger partial charge is 0.291 e. The first-order valence-corrected chi connectivity index (χ1v) is 11.6. The van der Waals surface area contributed by atoms with Crippen molar-refractivity contribution in [3.8, 4) is 5.75 Å². The molecule has 0 bridgehead atoms. The maximum atomic E-state index is 12.9. The summed E-state index contributed by atoms with van der Waals surface area (Å²) in [6.07, 6.45) is 0. The van der Waals surface area contributed by atoms with Gasteiger partial charge in [0.1, 0.15) is 18.1 Å². The second-order valence-electron chi connectivity index (χ2n) is 8.13. The van der Waals surface area contributed by atoms with Crippen molar-refractivity contribution in [3.63, 3.8) is 0 Å². The predicted octanol–water partition coefficient (Wildman–Crippen LogP) is 6.90. The normalized spacial score (nSPS) is 11.0. The van der Waals surface area contributed by atoms with Crippen LogP contribution >= 0.6 is 23.2 Å². The van der Waals surface area contributed by atoms with Gasteiger partial charge in [0.15, 0.2) is 5.76 Å². The highest BCUT2D eigenvalue weighted by atomic mass is 35.5. The van der Waals surface area contributed by atoms with Crippen LogP contribution in [0.2, 0.25) is 10.0 Å². The fourth-order valence-corrected chi connectivity index (χ4v) is 4.30. The van der Waals surface area contributed by atoms with Crippen molar-refractivity contribution in [2.24, 2.45) is 0 Å². The third kappa shape index (κ3) is 4.98. The Morgan fingerprint density at radius 3 is 2.32 bits per heavy atom. The Balaban J connectivity index is 1.46. The Hall–Kier alpha value is -3.22. The van der Waals surface area contributed by atoms with Gasteiger partial charge in [0.05, 0.1) is 23.6 Å². The zero-order valence-corrected chi connectivity index (χ0v) is 20.9. The summed E-state index contributed by atoms with van der Waals surface area (Å²) in [5, 5.41) is 8.60. The first-order valence-electron chi connectivity index (χ1n) is 10.8. The molecule has 34 heavy (non-hydrogen) atoms. The van der Waals surface area contributed by atoms with Crippen molar-refractivity contribution in [1.82, 2.24) is 9.78 Å². The van der Waals surface area contributed by atoms with Crippen molar-refractivity contribution in [2.75, 3.05) is 5.32 Å². The third-order valence-electron chi connectivity index (χ3n) is 5.64. The fourth-order valence-electron chi connectivity index (χ4n) is 3.79. The summed E-state index contributed by atoms with van der Waals surface area (Å²) in [4.78, 5) is 12.9. The number of para-hydroxylation sites is 1. The minimum atomic E-state index is -0.361. The Morgan fingerprint density at radius 2 is 1.65 bits per heavy atom. The summed E-state index contributed by atoms with van der Waals surface area (Å²) < 4.78 is 13.4. The third-order valence-corrected chi connectivity index (χ3v) is 6.35. The number of rotatable bonds is 7. The van der Waals surface area contributed by atoms with E-state index in [1.54, 1.807) is 35.0 Å². The number of furan rings is 1. The SMILES string of the molecule is Cc1cccc(C)c1OCc1ccc(C(=O)Nc2c(C)nn(Cc3c(Cl)cccc3Cl)c2C)o1. The van der Waals surface area contributed by atoms with Gasteiger partial charge in [-0.3, -0.25) is 9.48 Å². The van der Waals surface area contributed by atoms with Gasteiger partial charge in [-0.25, -0.2) is 0 Å². The van der Waals surface area contributed by atoms with Crippen LogP contribution in [0.3, 0.4) is 0 Å². The highest BCUT2D eigenvalue weighted by molar-refractivity contribution is 6.36. The number of ether oxygens (including phenoxy) is 1. The van der Waals surface area contributed by atoms with Gasteiger partial charge in [-0.2, -0.15) is 5.10 Å². The van der Waals surface area contributed by atoms with Gasteiger partial charge in [0, 0.05) is 15.6 Å². The number of benzene rings is 2. The molecule has 0 radical (unpaired) electrons. The van der Waals surface area contributed by atoms with Gasteiger partial charge in [-0.1, -0.05) is 47.5 Å². The Kier molecular flexibility index (Phi) is 7.00. The molecule has 2 heterocycles. The molecular weight excluding hydrogens is 473 g/mol. The highest BCUT2D eigenvalue weighted by Gasteiger charge is 2.19. The minimum Gasteiger partial charge on any atom is -0.485 e. The number of carbonyl (C=O) groups excluding carboxylic acids is 1. The van der Waals surface area contributed by atoms with Crippen molar-refractivity contribution < 1.29 is 13.9 Å². The maximum absolute atomic E-state index is 12.9. The zero-order chi connectivity index (χ0) is 24.4. The summed E-state index contributed by atoms with van der Waals surface area (Å²) in [5.41, 5.74) is 4.95. The minimum absolute atomic E-state index is 0.195. The number of halogens is 2. The number of hydrogen-bond acceptors (Lipinski definition) is 4. The number of aryl methyl sites for hydroxylation is 3. The van der Waals surface area contributed by atoms with Gasteiger partial charge in [0.2, 0.25) is 0 Å². The Morgan fingerprint density at radius 1 is 1.00 bits per heavy atom. The largest absolute Gasteiger partial charge is 0.485 e. The molecule has 0 spiro atoms. The first-order chi connectivity index (χ1) is 16.2. The number of hydrogen-bond donors (Lipinski definition) is 1. The summed E-state index contributed by atoms with van der Waals surface area (Å²) in [6, 6.07) is 14.7. The van der Waals surface area contributed by atoms with Crippen LogP contribution in [0.5, 0.6) is 5.75 Å².